The molecule has 0 aliphatic carbocycles. The van der Waals surface area contributed by atoms with E-state index in [2.05, 4.69) is 10.6 Å². The SMILES string of the molecule is CNCCCC(=O)Nc1ccc(N(C)C)c(Cl)c1. The summed E-state index contributed by atoms with van der Waals surface area (Å²) in [6, 6.07) is 5.52. The van der Waals surface area contributed by atoms with Crippen molar-refractivity contribution in [3.63, 3.8) is 0 Å². The smallest absolute Gasteiger partial charge is 0.224 e. The van der Waals surface area contributed by atoms with Crippen LogP contribution in [-0.2, 0) is 4.79 Å². The Morgan fingerprint density at radius 1 is 1.39 bits per heavy atom. The molecule has 0 aromatic heterocycles. The highest BCUT2D eigenvalue weighted by molar-refractivity contribution is 6.33. The molecule has 18 heavy (non-hydrogen) atoms. The zero-order valence-electron chi connectivity index (χ0n) is 11.1. The van der Waals surface area contributed by atoms with Crippen molar-refractivity contribution in [1.82, 2.24) is 5.32 Å². The molecule has 0 aliphatic heterocycles. The Morgan fingerprint density at radius 3 is 2.67 bits per heavy atom. The summed E-state index contributed by atoms with van der Waals surface area (Å²) in [6.07, 6.45) is 1.33. The minimum atomic E-state index is 0.0129. The Kier molecular flexibility index (Phi) is 5.95. The van der Waals surface area contributed by atoms with Gasteiger partial charge in [0.2, 0.25) is 5.91 Å². The van der Waals surface area contributed by atoms with Gasteiger partial charge >= 0.3 is 0 Å². The standard InChI is InChI=1S/C13H20ClN3O/c1-15-8-4-5-13(18)16-10-6-7-12(17(2)3)11(14)9-10/h6-7,9,15H,4-5,8H2,1-3H3,(H,16,18). The van der Waals surface area contributed by atoms with Gasteiger partial charge in [0.25, 0.3) is 0 Å². The molecule has 2 N–H and O–H groups in total. The molecule has 5 heteroatoms. The van der Waals surface area contributed by atoms with E-state index in [1.54, 1.807) is 6.07 Å². The van der Waals surface area contributed by atoms with Gasteiger partial charge in [-0.05, 0) is 38.2 Å². The van der Waals surface area contributed by atoms with Crippen molar-refractivity contribution in [2.75, 3.05) is 37.9 Å². The molecule has 0 bridgehead atoms. The molecular formula is C13H20ClN3O. The number of hydrogen-bond acceptors (Lipinski definition) is 3. The van der Waals surface area contributed by atoms with Crippen LogP contribution in [0.4, 0.5) is 11.4 Å². The van der Waals surface area contributed by atoms with E-state index in [1.165, 1.54) is 0 Å². The van der Waals surface area contributed by atoms with Gasteiger partial charge in [0.15, 0.2) is 0 Å². The van der Waals surface area contributed by atoms with Gasteiger partial charge in [-0.1, -0.05) is 11.6 Å². The van der Waals surface area contributed by atoms with Crippen LogP contribution in [-0.4, -0.2) is 33.6 Å². The third kappa shape index (κ3) is 4.55. The zero-order valence-corrected chi connectivity index (χ0v) is 11.8. The van der Waals surface area contributed by atoms with Gasteiger partial charge < -0.3 is 15.5 Å². The minimum Gasteiger partial charge on any atom is -0.376 e. The number of hydrogen-bond donors (Lipinski definition) is 2. The van der Waals surface area contributed by atoms with Crippen molar-refractivity contribution in [3.8, 4) is 0 Å². The Balaban J connectivity index is 2.58. The Morgan fingerprint density at radius 2 is 2.11 bits per heavy atom. The molecule has 0 heterocycles. The van der Waals surface area contributed by atoms with Crippen molar-refractivity contribution in [1.29, 1.82) is 0 Å². The van der Waals surface area contributed by atoms with Crippen molar-refractivity contribution >= 4 is 28.9 Å². The number of benzene rings is 1. The molecule has 1 aromatic rings. The van der Waals surface area contributed by atoms with Crippen LogP contribution >= 0.6 is 11.6 Å². The quantitative estimate of drug-likeness (QED) is 0.779. The third-order valence-electron chi connectivity index (χ3n) is 2.54. The predicted molar refractivity (Wildman–Crippen MR) is 77.6 cm³/mol. The van der Waals surface area contributed by atoms with Crippen molar-refractivity contribution in [2.45, 2.75) is 12.8 Å². The number of carbonyl (C=O) groups is 1. The zero-order chi connectivity index (χ0) is 13.5. The molecule has 0 saturated heterocycles. The van der Waals surface area contributed by atoms with E-state index in [0.717, 1.165) is 24.3 Å². The molecule has 0 saturated carbocycles. The summed E-state index contributed by atoms with van der Waals surface area (Å²) in [5.41, 5.74) is 1.67. The number of nitrogens with zero attached hydrogens (tertiary/aromatic N) is 1. The second-order valence-corrected chi connectivity index (χ2v) is 4.72. The lowest BCUT2D eigenvalue weighted by atomic mass is 10.2. The first-order valence-corrected chi connectivity index (χ1v) is 6.33. The van der Waals surface area contributed by atoms with Crippen molar-refractivity contribution < 1.29 is 4.79 Å². The maximum absolute atomic E-state index is 11.6. The Bertz CT molecular complexity index is 407. The van der Waals surface area contributed by atoms with E-state index in [4.69, 9.17) is 11.6 Å². The number of anilines is 2. The number of amides is 1. The number of rotatable bonds is 6. The van der Waals surface area contributed by atoms with E-state index >= 15 is 0 Å². The van der Waals surface area contributed by atoms with Crippen LogP contribution in [0.25, 0.3) is 0 Å². The summed E-state index contributed by atoms with van der Waals surface area (Å²) in [5, 5.41) is 6.48. The van der Waals surface area contributed by atoms with E-state index in [-0.39, 0.29) is 5.91 Å². The maximum atomic E-state index is 11.6. The van der Waals surface area contributed by atoms with E-state index in [0.29, 0.717) is 11.4 Å². The lowest BCUT2D eigenvalue weighted by Gasteiger charge is -2.15. The normalized spacial score (nSPS) is 10.2. The fourth-order valence-corrected chi connectivity index (χ4v) is 1.95. The van der Waals surface area contributed by atoms with Gasteiger partial charge in [0, 0.05) is 26.2 Å². The molecule has 1 rings (SSSR count). The summed E-state index contributed by atoms with van der Waals surface area (Å²) >= 11 is 6.13. The summed E-state index contributed by atoms with van der Waals surface area (Å²) < 4.78 is 0. The summed E-state index contributed by atoms with van der Waals surface area (Å²) in [6.45, 7) is 0.841. The highest BCUT2D eigenvalue weighted by atomic mass is 35.5. The molecule has 0 aliphatic rings. The van der Waals surface area contributed by atoms with Crippen molar-refractivity contribution in [3.05, 3.63) is 23.2 Å². The summed E-state index contributed by atoms with van der Waals surface area (Å²) in [4.78, 5) is 13.6. The molecular weight excluding hydrogens is 250 g/mol. The van der Waals surface area contributed by atoms with Gasteiger partial charge in [0.05, 0.1) is 10.7 Å². The largest absolute Gasteiger partial charge is 0.376 e. The van der Waals surface area contributed by atoms with Crippen LogP contribution in [0, 0.1) is 0 Å². The fraction of sp³-hybridized carbons (Fsp3) is 0.462. The molecule has 4 nitrogen and oxygen atoms in total. The molecule has 0 spiro atoms. The van der Waals surface area contributed by atoms with Crippen LogP contribution in [0.3, 0.4) is 0 Å². The molecule has 0 atom stereocenters. The highest BCUT2D eigenvalue weighted by Gasteiger charge is 2.06. The first-order chi connectivity index (χ1) is 8.54. The lowest BCUT2D eigenvalue weighted by molar-refractivity contribution is -0.116. The Hall–Kier alpha value is -1.26. The third-order valence-corrected chi connectivity index (χ3v) is 2.85. The Labute approximate surface area is 113 Å². The fourth-order valence-electron chi connectivity index (χ4n) is 1.60. The molecule has 100 valence electrons. The van der Waals surface area contributed by atoms with Gasteiger partial charge in [-0.25, -0.2) is 0 Å². The van der Waals surface area contributed by atoms with Crippen LogP contribution in [0.5, 0.6) is 0 Å². The average molecular weight is 270 g/mol. The first kappa shape index (κ1) is 14.8. The maximum Gasteiger partial charge on any atom is 0.224 e. The minimum absolute atomic E-state index is 0.0129. The van der Waals surface area contributed by atoms with Crippen LogP contribution in [0.1, 0.15) is 12.8 Å². The summed E-state index contributed by atoms with van der Waals surface area (Å²) in [5.74, 6) is 0.0129. The van der Waals surface area contributed by atoms with Gasteiger partial charge in [-0.2, -0.15) is 0 Å². The number of carbonyl (C=O) groups excluding carboxylic acids is 1. The van der Waals surface area contributed by atoms with E-state index < -0.39 is 0 Å². The topological polar surface area (TPSA) is 44.4 Å². The second-order valence-electron chi connectivity index (χ2n) is 4.32. The van der Waals surface area contributed by atoms with Crippen LogP contribution in [0.2, 0.25) is 5.02 Å². The van der Waals surface area contributed by atoms with Crippen LogP contribution in [0.15, 0.2) is 18.2 Å². The first-order valence-electron chi connectivity index (χ1n) is 5.96. The van der Waals surface area contributed by atoms with Crippen molar-refractivity contribution in [2.24, 2.45) is 0 Å². The molecule has 1 aromatic carbocycles. The molecule has 1 amide bonds. The molecule has 0 unspecified atom stereocenters. The predicted octanol–water partition coefficient (Wildman–Crippen LogP) is 2.34. The molecule has 0 fully saturated rings. The number of nitrogens with one attached hydrogen (secondary N) is 2. The molecule has 0 radical (unpaired) electrons. The second kappa shape index (κ2) is 7.24. The van der Waals surface area contributed by atoms with Crippen LogP contribution < -0.4 is 15.5 Å². The lowest BCUT2D eigenvalue weighted by Crippen LogP contribution is -2.15. The monoisotopic (exact) mass is 269 g/mol. The van der Waals surface area contributed by atoms with Gasteiger partial charge in [-0.3, -0.25) is 4.79 Å². The van der Waals surface area contributed by atoms with E-state index in [1.807, 2.05) is 38.2 Å². The van der Waals surface area contributed by atoms with Gasteiger partial charge in [-0.15, -0.1) is 0 Å². The average Bonchev–Trinajstić information content (AvgIpc) is 2.28. The highest BCUT2D eigenvalue weighted by Crippen LogP contribution is 2.27. The van der Waals surface area contributed by atoms with Gasteiger partial charge in [0.1, 0.15) is 0 Å². The van der Waals surface area contributed by atoms with E-state index in [9.17, 15) is 4.79 Å². The summed E-state index contributed by atoms with van der Waals surface area (Å²) in [7, 11) is 5.73. The number of halogens is 1.